The summed E-state index contributed by atoms with van der Waals surface area (Å²) in [4.78, 5) is 15.6. The largest absolute Gasteiger partial charge is 0.484 e. The van der Waals surface area contributed by atoms with Gasteiger partial charge in [0.1, 0.15) is 5.75 Å². The second kappa shape index (κ2) is 6.97. The third-order valence-corrected chi connectivity index (χ3v) is 4.25. The summed E-state index contributed by atoms with van der Waals surface area (Å²) in [5, 5.41) is 2.03. The highest BCUT2D eigenvalue weighted by atomic mass is 32.1. The van der Waals surface area contributed by atoms with E-state index in [2.05, 4.69) is 6.07 Å². The average molecular weight is 317 g/mol. The first kappa shape index (κ1) is 16.6. The van der Waals surface area contributed by atoms with Gasteiger partial charge in [0, 0.05) is 10.4 Å². The summed E-state index contributed by atoms with van der Waals surface area (Å²) in [5.41, 5.74) is 0.935. The maximum absolute atomic E-state index is 12.6. The molecule has 0 atom stereocenters. The van der Waals surface area contributed by atoms with E-state index in [1.54, 1.807) is 11.3 Å². The van der Waals surface area contributed by atoms with Crippen LogP contribution in [0.15, 0.2) is 41.8 Å². The molecule has 0 fully saturated rings. The highest BCUT2D eigenvalue weighted by Crippen LogP contribution is 2.21. The third-order valence-electron chi connectivity index (χ3n) is 3.39. The van der Waals surface area contributed by atoms with Gasteiger partial charge in [0.05, 0.1) is 6.54 Å². The standard InChI is InChI=1S/C18H23NO2S/c1-14-7-9-15(10-8-14)21-13-17(20)19(18(2,3)4)12-16-6-5-11-22-16/h5-11H,12-13H2,1-4H3. The summed E-state index contributed by atoms with van der Waals surface area (Å²) in [6, 6.07) is 11.8. The topological polar surface area (TPSA) is 29.5 Å². The van der Waals surface area contributed by atoms with E-state index in [0.717, 1.165) is 5.75 Å². The number of rotatable bonds is 5. The molecule has 0 radical (unpaired) electrons. The number of hydrogen-bond donors (Lipinski definition) is 0. The Kier molecular flexibility index (Phi) is 5.24. The van der Waals surface area contributed by atoms with Crippen molar-refractivity contribution in [1.82, 2.24) is 4.90 Å². The summed E-state index contributed by atoms with van der Waals surface area (Å²) in [5.74, 6) is 0.727. The van der Waals surface area contributed by atoms with Gasteiger partial charge in [0.25, 0.3) is 5.91 Å². The van der Waals surface area contributed by atoms with E-state index in [0.29, 0.717) is 6.54 Å². The van der Waals surface area contributed by atoms with Crippen LogP contribution in [0.4, 0.5) is 0 Å². The lowest BCUT2D eigenvalue weighted by Crippen LogP contribution is -2.46. The third kappa shape index (κ3) is 4.60. The quantitative estimate of drug-likeness (QED) is 0.824. The minimum Gasteiger partial charge on any atom is -0.484 e. The van der Waals surface area contributed by atoms with Gasteiger partial charge in [0.2, 0.25) is 0 Å². The lowest BCUT2D eigenvalue weighted by Gasteiger charge is -2.35. The molecule has 1 aromatic heterocycles. The summed E-state index contributed by atoms with van der Waals surface area (Å²) in [7, 11) is 0. The highest BCUT2D eigenvalue weighted by molar-refractivity contribution is 7.09. The molecule has 0 aliphatic heterocycles. The molecule has 2 aromatic rings. The van der Waals surface area contributed by atoms with Crippen LogP contribution in [0, 0.1) is 6.92 Å². The van der Waals surface area contributed by atoms with Crippen molar-refractivity contribution in [2.75, 3.05) is 6.61 Å². The number of ether oxygens (including phenoxy) is 1. The van der Waals surface area contributed by atoms with E-state index in [4.69, 9.17) is 4.74 Å². The first-order chi connectivity index (χ1) is 10.4. The van der Waals surface area contributed by atoms with Crippen LogP contribution in [0.2, 0.25) is 0 Å². The Balaban J connectivity index is 2.01. The number of amides is 1. The highest BCUT2D eigenvalue weighted by Gasteiger charge is 2.27. The molecule has 0 saturated carbocycles. The Morgan fingerprint density at radius 2 is 1.86 bits per heavy atom. The van der Waals surface area contributed by atoms with Gasteiger partial charge in [-0.05, 0) is 51.3 Å². The Hall–Kier alpha value is -1.81. The zero-order chi connectivity index (χ0) is 16.2. The number of carbonyl (C=O) groups excluding carboxylic acids is 1. The zero-order valence-electron chi connectivity index (χ0n) is 13.6. The maximum atomic E-state index is 12.6. The number of hydrogen-bond acceptors (Lipinski definition) is 3. The summed E-state index contributed by atoms with van der Waals surface area (Å²) in [6.07, 6.45) is 0. The Labute approximate surface area is 136 Å². The van der Waals surface area contributed by atoms with Gasteiger partial charge in [0.15, 0.2) is 6.61 Å². The van der Waals surface area contributed by atoms with E-state index >= 15 is 0 Å². The SMILES string of the molecule is Cc1ccc(OCC(=O)N(Cc2cccs2)C(C)(C)C)cc1. The average Bonchev–Trinajstić information content (AvgIpc) is 2.96. The fourth-order valence-corrected chi connectivity index (χ4v) is 2.81. The molecule has 3 nitrogen and oxygen atoms in total. The molecule has 0 spiro atoms. The van der Waals surface area contributed by atoms with Crippen LogP contribution >= 0.6 is 11.3 Å². The number of aryl methyl sites for hydroxylation is 1. The molecule has 2 rings (SSSR count). The van der Waals surface area contributed by atoms with E-state index < -0.39 is 0 Å². The van der Waals surface area contributed by atoms with Gasteiger partial charge in [-0.25, -0.2) is 0 Å². The normalized spacial score (nSPS) is 11.3. The fraction of sp³-hybridized carbons (Fsp3) is 0.389. The van der Waals surface area contributed by atoms with Crippen LogP contribution in [-0.4, -0.2) is 23.0 Å². The van der Waals surface area contributed by atoms with Crippen molar-refractivity contribution in [1.29, 1.82) is 0 Å². The predicted molar refractivity (Wildman–Crippen MR) is 91.3 cm³/mol. The predicted octanol–water partition coefficient (Wildman–Crippen LogP) is 4.26. The molecular formula is C18H23NO2S. The molecule has 0 saturated heterocycles. The molecule has 1 heterocycles. The van der Waals surface area contributed by atoms with Crippen molar-refractivity contribution in [3.05, 3.63) is 52.2 Å². The van der Waals surface area contributed by atoms with Crippen molar-refractivity contribution in [2.45, 2.75) is 39.8 Å². The van der Waals surface area contributed by atoms with E-state index in [1.807, 2.05) is 68.3 Å². The Bertz CT molecular complexity index is 597. The number of carbonyl (C=O) groups is 1. The first-order valence-corrected chi connectivity index (χ1v) is 8.26. The maximum Gasteiger partial charge on any atom is 0.261 e. The lowest BCUT2D eigenvalue weighted by molar-refractivity contribution is -0.138. The lowest BCUT2D eigenvalue weighted by atomic mass is 10.1. The Morgan fingerprint density at radius 1 is 1.18 bits per heavy atom. The zero-order valence-corrected chi connectivity index (χ0v) is 14.4. The fourth-order valence-electron chi connectivity index (χ4n) is 2.12. The molecule has 118 valence electrons. The molecule has 22 heavy (non-hydrogen) atoms. The van der Waals surface area contributed by atoms with Gasteiger partial charge in [-0.2, -0.15) is 0 Å². The van der Waals surface area contributed by atoms with Gasteiger partial charge in [-0.15, -0.1) is 11.3 Å². The van der Waals surface area contributed by atoms with Crippen molar-refractivity contribution in [3.8, 4) is 5.75 Å². The van der Waals surface area contributed by atoms with Crippen LogP contribution < -0.4 is 4.74 Å². The van der Waals surface area contributed by atoms with Crippen molar-refractivity contribution in [3.63, 3.8) is 0 Å². The molecular weight excluding hydrogens is 294 g/mol. The van der Waals surface area contributed by atoms with Gasteiger partial charge in [-0.3, -0.25) is 4.79 Å². The molecule has 0 N–H and O–H groups in total. The molecule has 0 bridgehead atoms. The first-order valence-electron chi connectivity index (χ1n) is 7.38. The van der Waals surface area contributed by atoms with Crippen LogP contribution in [0.1, 0.15) is 31.2 Å². The minimum atomic E-state index is -0.238. The number of thiophene rings is 1. The van der Waals surface area contributed by atoms with E-state index in [9.17, 15) is 4.79 Å². The number of benzene rings is 1. The van der Waals surface area contributed by atoms with Crippen LogP contribution in [-0.2, 0) is 11.3 Å². The van der Waals surface area contributed by atoms with Gasteiger partial charge in [-0.1, -0.05) is 23.8 Å². The van der Waals surface area contributed by atoms with Crippen molar-refractivity contribution >= 4 is 17.2 Å². The van der Waals surface area contributed by atoms with Crippen LogP contribution in [0.25, 0.3) is 0 Å². The molecule has 4 heteroatoms. The second-order valence-electron chi connectivity index (χ2n) is 6.33. The smallest absolute Gasteiger partial charge is 0.261 e. The molecule has 0 aliphatic rings. The molecule has 0 unspecified atom stereocenters. The molecule has 1 aromatic carbocycles. The Morgan fingerprint density at radius 3 is 2.41 bits per heavy atom. The number of nitrogens with zero attached hydrogens (tertiary/aromatic N) is 1. The van der Waals surface area contributed by atoms with Crippen LogP contribution in [0.3, 0.4) is 0 Å². The molecule has 1 amide bonds. The monoisotopic (exact) mass is 317 g/mol. The molecule has 0 aliphatic carbocycles. The summed E-state index contributed by atoms with van der Waals surface area (Å²) >= 11 is 1.67. The van der Waals surface area contributed by atoms with Gasteiger partial charge < -0.3 is 9.64 Å². The second-order valence-corrected chi connectivity index (χ2v) is 7.36. The van der Waals surface area contributed by atoms with Crippen molar-refractivity contribution in [2.24, 2.45) is 0 Å². The summed E-state index contributed by atoms with van der Waals surface area (Å²) in [6.45, 7) is 8.85. The van der Waals surface area contributed by atoms with E-state index in [1.165, 1.54) is 10.4 Å². The summed E-state index contributed by atoms with van der Waals surface area (Å²) < 4.78 is 5.63. The minimum absolute atomic E-state index is 0.00137. The van der Waals surface area contributed by atoms with Crippen LogP contribution in [0.5, 0.6) is 5.75 Å². The van der Waals surface area contributed by atoms with Gasteiger partial charge >= 0.3 is 0 Å². The van der Waals surface area contributed by atoms with Crippen molar-refractivity contribution < 1.29 is 9.53 Å². The van der Waals surface area contributed by atoms with E-state index in [-0.39, 0.29) is 18.1 Å².